The minimum atomic E-state index is -1.04. The Balaban J connectivity index is 2.14. The number of carboxylic acids is 1. The van der Waals surface area contributed by atoms with Gasteiger partial charge in [0, 0.05) is 31.9 Å². The molecule has 6 nitrogen and oxygen atoms in total. The smallest absolute Gasteiger partial charge is 0.334 e. The number of aliphatic carboxylic acids is 1. The van der Waals surface area contributed by atoms with Gasteiger partial charge >= 0.3 is 5.97 Å². The van der Waals surface area contributed by atoms with Crippen molar-refractivity contribution >= 4 is 17.6 Å². The second-order valence-electron chi connectivity index (χ2n) is 4.89. The fourth-order valence-electron chi connectivity index (χ4n) is 2.08. The van der Waals surface area contributed by atoms with Crippen molar-refractivity contribution in [1.29, 1.82) is 0 Å². The summed E-state index contributed by atoms with van der Waals surface area (Å²) in [5.41, 5.74) is 1.49. The van der Waals surface area contributed by atoms with Gasteiger partial charge in [-0.25, -0.2) is 4.79 Å². The van der Waals surface area contributed by atoms with Crippen molar-refractivity contribution in [3.05, 3.63) is 29.8 Å². The molecular formula is C14H18N2O4. The molecule has 1 heterocycles. The summed E-state index contributed by atoms with van der Waals surface area (Å²) >= 11 is 0. The summed E-state index contributed by atoms with van der Waals surface area (Å²) in [5.74, 6) is -1.20. The van der Waals surface area contributed by atoms with Crippen molar-refractivity contribution in [3.8, 4) is 0 Å². The summed E-state index contributed by atoms with van der Waals surface area (Å²) in [4.78, 5) is 26.8. The van der Waals surface area contributed by atoms with E-state index in [1.165, 1.54) is 4.90 Å². The zero-order chi connectivity index (χ0) is 14.7. The number of benzene rings is 1. The van der Waals surface area contributed by atoms with E-state index in [0.717, 1.165) is 5.69 Å². The van der Waals surface area contributed by atoms with Crippen LogP contribution in [-0.4, -0.2) is 61.8 Å². The Hall–Kier alpha value is -2.08. The predicted octanol–water partition coefficient (Wildman–Crippen LogP) is 0.678. The summed E-state index contributed by atoms with van der Waals surface area (Å²) in [5, 5.41) is 8.96. The number of hydrogen-bond acceptors (Lipinski definition) is 4. The van der Waals surface area contributed by atoms with E-state index in [2.05, 4.69) is 0 Å². The normalized spacial score (nSPS) is 18.7. The Morgan fingerprint density at radius 2 is 2.15 bits per heavy atom. The number of nitrogens with zero attached hydrogens (tertiary/aromatic N) is 2. The number of carboxylic acid groups (broad SMARTS) is 1. The fraction of sp³-hybridized carbons (Fsp3) is 0.429. The average molecular weight is 278 g/mol. The largest absolute Gasteiger partial charge is 0.479 e. The number of anilines is 1. The molecule has 20 heavy (non-hydrogen) atoms. The highest BCUT2D eigenvalue weighted by atomic mass is 16.5. The summed E-state index contributed by atoms with van der Waals surface area (Å²) in [6, 6.07) is 7.27. The number of hydrogen-bond donors (Lipinski definition) is 1. The van der Waals surface area contributed by atoms with Crippen LogP contribution >= 0.6 is 0 Å². The van der Waals surface area contributed by atoms with Crippen LogP contribution in [-0.2, 0) is 9.53 Å². The van der Waals surface area contributed by atoms with Gasteiger partial charge in [0.05, 0.1) is 13.2 Å². The van der Waals surface area contributed by atoms with Gasteiger partial charge in [0.25, 0.3) is 5.91 Å². The zero-order valence-corrected chi connectivity index (χ0v) is 11.6. The Bertz CT molecular complexity index is 516. The van der Waals surface area contributed by atoms with Gasteiger partial charge in [0.2, 0.25) is 0 Å². The standard InChI is InChI=1S/C14H18N2O4/c1-15(2)11-5-3-4-10(8-11)13(17)16-6-7-20-12(9-16)14(18)19/h3-5,8,12H,6-7,9H2,1-2H3,(H,18,19). The minimum Gasteiger partial charge on any atom is -0.479 e. The minimum absolute atomic E-state index is 0.0837. The Morgan fingerprint density at radius 1 is 1.40 bits per heavy atom. The number of carbonyl (C=O) groups excluding carboxylic acids is 1. The molecule has 1 N–H and O–H groups in total. The molecular weight excluding hydrogens is 260 g/mol. The molecule has 108 valence electrons. The van der Waals surface area contributed by atoms with E-state index in [9.17, 15) is 9.59 Å². The van der Waals surface area contributed by atoms with Crippen LogP contribution < -0.4 is 4.90 Å². The molecule has 1 aromatic carbocycles. The first-order valence-corrected chi connectivity index (χ1v) is 6.40. The predicted molar refractivity (Wildman–Crippen MR) is 74.0 cm³/mol. The molecule has 0 saturated carbocycles. The molecule has 0 aliphatic carbocycles. The van der Waals surface area contributed by atoms with Crippen molar-refractivity contribution in [2.24, 2.45) is 0 Å². The summed E-state index contributed by atoms with van der Waals surface area (Å²) in [6.45, 7) is 0.741. The van der Waals surface area contributed by atoms with E-state index in [-0.39, 0.29) is 19.1 Å². The number of amides is 1. The highest BCUT2D eigenvalue weighted by Crippen LogP contribution is 2.16. The molecule has 2 rings (SSSR count). The summed E-state index contributed by atoms with van der Waals surface area (Å²) in [6.07, 6.45) is -0.940. The van der Waals surface area contributed by atoms with E-state index >= 15 is 0 Å². The van der Waals surface area contributed by atoms with Gasteiger partial charge in [0.15, 0.2) is 6.10 Å². The second kappa shape index (κ2) is 5.92. The lowest BCUT2D eigenvalue weighted by molar-refractivity contribution is -0.154. The molecule has 6 heteroatoms. The van der Waals surface area contributed by atoms with Gasteiger partial charge in [-0.2, -0.15) is 0 Å². The second-order valence-corrected chi connectivity index (χ2v) is 4.89. The van der Waals surface area contributed by atoms with Gasteiger partial charge in [-0.05, 0) is 18.2 Å². The molecule has 0 spiro atoms. The average Bonchev–Trinajstić information content (AvgIpc) is 2.46. The molecule has 1 unspecified atom stereocenters. The highest BCUT2D eigenvalue weighted by Gasteiger charge is 2.29. The van der Waals surface area contributed by atoms with Crippen LogP contribution in [0.25, 0.3) is 0 Å². The first-order valence-electron chi connectivity index (χ1n) is 6.40. The Morgan fingerprint density at radius 3 is 2.80 bits per heavy atom. The SMILES string of the molecule is CN(C)c1cccc(C(=O)N2CCOC(C(=O)O)C2)c1. The van der Waals surface area contributed by atoms with Gasteiger partial charge in [-0.3, -0.25) is 4.79 Å². The van der Waals surface area contributed by atoms with Crippen molar-refractivity contribution in [2.45, 2.75) is 6.10 Å². The molecule has 1 fully saturated rings. The quantitative estimate of drug-likeness (QED) is 0.880. The maximum atomic E-state index is 12.4. The van der Waals surface area contributed by atoms with Crippen molar-refractivity contribution < 1.29 is 19.4 Å². The first-order chi connectivity index (χ1) is 9.49. The van der Waals surface area contributed by atoms with Crippen LogP contribution in [0.5, 0.6) is 0 Å². The molecule has 0 aromatic heterocycles. The molecule has 1 aliphatic heterocycles. The van der Waals surface area contributed by atoms with E-state index in [0.29, 0.717) is 12.1 Å². The van der Waals surface area contributed by atoms with Crippen LogP contribution in [0.15, 0.2) is 24.3 Å². The molecule has 0 radical (unpaired) electrons. The maximum absolute atomic E-state index is 12.4. The van der Waals surface area contributed by atoms with Crippen LogP contribution in [0.1, 0.15) is 10.4 Å². The van der Waals surface area contributed by atoms with Gasteiger partial charge < -0.3 is 19.6 Å². The number of ether oxygens (including phenoxy) is 1. The molecule has 1 aromatic rings. The first kappa shape index (κ1) is 14.3. The highest BCUT2D eigenvalue weighted by molar-refractivity contribution is 5.95. The molecule has 1 saturated heterocycles. The van der Waals surface area contributed by atoms with Gasteiger partial charge in [-0.15, -0.1) is 0 Å². The number of rotatable bonds is 3. The fourth-order valence-corrected chi connectivity index (χ4v) is 2.08. The lowest BCUT2D eigenvalue weighted by atomic mass is 10.1. The maximum Gasteiger partial charge on any atom is 0.334 e. The Labute approximate surface area is 117 Å². The third-order valence-electron chi connectivity index (χ3n) is 3.24. The monoisotopic (exact) mass is 278 g/mol. The summed E-state index contributed by atoms with van der Waals surface area (Å²) in [7, 11) is 3.80. The molecule has 0 bridgehead atoms. The van der Waals surface area contributed by atoms with Crippen LogP contribution in [0.3, 0.4) is 0 Å². The topological polar surface area (TPSA) is 70.1 Å². The Kier molecular flexibility index (Phi) is 4.24. The number of carbonyl (C=O) groups is 2. The van der Waals surface area contributed by atoms with E-state index in [1.807, 2.05) is 31.1 Å². The van der Waals surface area contributed by atoms with Gasteiger partial charge in [-0.1, -0.05) is 6.07 Å². The zero-order valence-electron chi connectivity index (χ0n) is 11.6. The number of morpholine rings is 1. The lowest BCUT2D eigenvalue weighted by Crippen LogP contribution is -2.48. The van der Waals surface area contributed by atoms with Crippen molar-refractivity contribution in [3.63, 3.8) is 0 Å². The molecule has 1 aliphatic rings. The van der Waals surface area contributed by atoms with E-state index < -0.39 is 12.1 Å². The third-order valence-corrected chi connectivity index (χ3v) is 3.24. The third kappa shape index (κ3) is 3.08. The van der Waals surface area contributed by atoms with Crippen molar-refractivity contribution in [2.75, 3.05) is 38.7 Å². The van der Waals surface area contributed by atoms with E-state index in [4.69, 9.17) is 9.84 Å². The van der Waals surface area contributed by atoms with Crippen LogP contribution in [0, 0.1) is 0 Å². The van der Waals surface area contributed by atoms with Crippen molar-refractivity contribution in [1.82, 2.24) is 4.90 Å². The lowest BCUT2D eigenvalue weighted by Gasteiger charge is -2.31. The van der Waals surface area contributed by atoms with Crippen LogP contribution in [0.4, 0.5) is 5.69 Å². The summed E-state index contributed by atoms with van der Waals surface area (Å²) < 4.78 is 5.12. The van der Waals surface area contributed by atoms with Crippen LogP contribution in [0.2, 0.25) is 0 Å². The van der Waals surface area contributed by atoms with E-state index in [1.54, 1.807) is 12.1 Å². The molecule has 1 atom stereocenters. The van der Waals surface area contributed by atoms with Gasteiger partial charge in [0.1, 0.15) is 0 Å². The molecule has 1 amide bonds.